The van der Waals surface area contributed by atoms with Crippen LogP contribution in [0.25, 0.3) is 0 Å². The van der Waals surface area contributed by atoms with Gasteiger partial charge in [0.15, 0.2) is 0 Å². The Kier molecular flexibility index (Phi) is 4.40. The summed E-state index contributed by atoms with van der Waals surface area (Å²) in [6.07, 6.45) is 0. The summed E-state index contributed by atoms with van der Waals surface area (Å²) in [5.74, 6) is 0. The van der Waals surface area contributed by atoms with E-state index in [0.29, 0.717) is 13.2 Å². The highest BCUT2D eigenvalue weighted by Crippen LogP contribution is 2.13. The molecule has 1 aliphatic rings. The van der Waals surface area contributed by atoms with Crippen LogP contribution in [0.3, 0.4) is 0 Å². The highest BCUT2D eigenvalue weighted by Gasteiger charge is 2.10. The van der Waals surface area contributed by atoms with E-state index in [9.17, 15) is 0 Å². The average Bonchev–Trinajstić information content (AvgIpc) is 2.16. The van der Waals surface area contributed by atoms with Crippen LogP contribution in [0.1, 0.15) is 0 Å². The Morgan fingerprint density at radius 2 is 2.25 bits per heavy atom. The Balaban J connectivity index is 2.26. The molecule has 0 atom stereocenters. The van der Waals surface area contributed by atoms with Crippen LogP contribution in [0.15, 0.2) is 4.40 Å². The molecular formula is C6H8ClN3OS. The van der Waals surface area contributed by atoms with Crippen molar-refractivity contribution in [2.75, 3.05) is 26.3 Å². The molecule has 66 valence electrons. The third kappa shape index (κ3) is 3.41. The summed E-state index contributed by atoms with van der Waals surface area (Å²) in [6, 6.07) is 1.74. The minimum Gasteiger partial charge on any atom is -0.379 e. The van der Waals surface area contributed by atoms with Crippen molar-refractivity contribution in [3.8, 4) is 6.07 Å². The standard InChI is InChI=1S/C6H8ClN3OS/c7-6(5-8)9-12-10-1-3-11-4-2-10/h1-4H2. The Hall–Kier alpha value is -0.280. The molecule has 0 bridgehead atoms. The maximum atomic E-state index is 8.29. The van der Waals surface area contributed by atoms with Crippen molar-refractivity contribution in [1.29, 1.82) is 5.26 Å². The van der Waals surface area contributed by atoms with Gasteiger partial charge in [0, 0.05) is 13.1 Å². The quantitative estimate of drug-likeness (QED) is 0.499. The first-order valence-corrected chi connectivity index (χ1v) is 4.57. The fourth-order valence-electron chi connectivity index (χ4n) is 0.742. The second-order valence-corrected chi connectivity index (χ2v) is 3.34. The topological polar surface area (TPSA) is 48.6 Å². The molecule has 0 spiro atoms. The van der Waals surface area contributed by atoms with E-state index in [1.54, 1.807) is 6.07 Å². The zero-order valence-corrected chi connectivity index (χ0v) is 7.94. The van der Waals surface area contributed by atoms with E-state index in [2.05, 4.69) is 4.40 Å². The molecule has 1 aliphatic heterocycles. The molecule has 0 radical (unpaired) electrons. The van der Waals surface area contributed by atoms with Crippen molar-refractivity contribution >= 4 is 28.9 Å². The first kappa shape index (κ1) is 9.81. The smallest absolute Gasteiger partial charge is 0.215 e. The second kappa shape index (κ2) is 5.38. The second-order valence-electron chi connectivity index (χ2n) is 2.12. The van der Waals surface area contributed by atoms with Gasteiger partial charge in [-0.25, -0.2) is 4.31 Å². The molecule has 0 unspecified atom stereocenters. The predicted octanol–water partition coefficient (Wildman–Crippen LogP) is 1.04. The number of morpholine rings is 1. The molecule has 1 saturated heterocycles. The molecule has 1 fully saturated rings. The van der Waals surface area contributed by atoms with E-state index in [1.807, 2.05) is 4.31 Å². The van der Waals surface area contributed by atoms with Crippen molar-refractivity contribution in [1.82, 2.24) is 4.31 Å². The van der Waals surface area contributed by atoms with Gasteiger partial charge in [-0.1, -0.05) is 0 Å². The monoisotopic (exact) mass is 205 g/mol. The third-order valence-electron chi connectivity index (χ3n) is 1.30. The van der Waals surface area contributed by atoms with Gasteiger partial charge < -0.3 is 4.74 Å². The van der Waals surface area contributed by atoms with Crippen LogP contribution in [-0.4, -0.2) is 35.8 Å². The van der Waals surface area contributed by atoms with Crippen molar-refractivity contribution in [2.45, 2.75) is 0 Å². The molecule has 1 heterocycles. The summed E-state index contributed by atoms with van der Waals surface area (Å²) in [4.78, 5) is 0. The lowest BCUT2D eigenvalue weighted by Crippen LogP contribution is -2.30. The zero-order chi connectivity index (χ0) is 8.81. The number of rotatable bonds is 2. The minimum atomic E-state index is -0.0218. The molecule has 4 nitrogen and oxygen atoms in total. The molecule has 0 aromatic carbocycles. The molecule has 0 aliphatic carbocycles. The van der Waals surface area contributed by atoms with Crippen LogP contribution in [0.5, 0.6) is 0 Å². The van der Waals surface area contributed by atoms with Crippen LogP contribution < -0.4 is 0 Å². The number of nitriles is 1. The van der Waals surface area contributed by atoms with E-state index in [4.69, 9.17) is 21.6 Å². The summed E-state index contributed by atoms with van der Waals surface area (Å²) < 4.78 is 10.9. The van der Waals surface area contributed by atoms with Crippen LogP contribution in [0, 0.1) is 11.3 Å². The van der Waals surface area contributed by atoms with E-state index >= 15 is 0 Å². The van der Waals surface area contributed by atoms with Crippen LogP contribution >= 0.6 is 23.7 Å². The summed E-state index contributed by atoms with van der Waals surface area (Å²) in [5, 5.41) is 8.27. The number of ether oxygens (including phenoxy) is 1. The molecule has 0 aromatic rings. The van der Waals surface area contributed by atoms with E-state index in [0.717, 1.165) is 13.1 Å². The number of halogens is 1. The van der Waals surface area contributed by atoms with Crippen LogP contribution in [0.4, 0.5) is 0 Å². The summed E-state index contributed by atoms with van der Waals surface area (Å²) in [6.45, 7) is 3.08. The first-order valence-electron chi connectivity index (χ1n) is 3.46. The normalized spacial score (nSPS) is 20.5. The highest BCUT2D eigenvalue weighted by molar-refractivity contribution is 7.96. The van der Waals surface area contributed by atoms with Gasteiger partial charge in [0.05, 0.1) is 25.3 Å². The fraction of sp³-hybridized carbons (Fsp3) is 0.667. The van der Waals surface area contributed by atoms with Crippen molar-refractivity contribution in [3.05, 3.63) is 0 Å². The Labute approximate surface area is 80.4 Å². The fourth-order valence-corrected chi connectivity index (χ4v) is 1.38. The van der Waals surface area contributed by atoms with Gasteiger partial charge in [0.2, 0.25) is 5.17 Å². The van der Waals surface area contributed by atoms with Crippen LogP contribution in [-0.2, 0) is 4.74 Å². The lowest BCUT2D eigenvalue weighted by Gasteiger charge is -2.22. The molecule has 0 amide bonds. The van der Waals surface area contributed by atoms with Gasteiger partial charge in [0.1, 0.15) is 6.07 Å². The summed E-state index contributed by atoms with van der Waals surface area (Å²) >= 11 is 6.61. The number of hydrogen-bond acceptors (Lipinski definition) is 5. The van der Waals surface area contributed by atoms with Gasteiger partial charge in [0.25, 0.3) is 0 Å². The van der Waals surface area contributed by atoms with Crippen molar-refractivity contribution in [3.63, 3.8) is 0 Å². The lowest BCUT2D eigenvalue weighted by molar-refractivity contribution is 0.0773. The maximum Gasteiger partial charge on any atom is 0.215 e. The van der Waals surface area contributed by atoms with Gasteiger partial charge in [-0.05, 0) is 11.6 Å². The number of hydrogen-bond donors (Lipinski definition) is 0. The molecular weight excluding hydrogens is 198 g/mol. The van der Waals surface area contributed by atoms with Crippen LogP contribution in [0.2, 0.25) is 0 Å². The maximum absolute atomic E-state index is 8.29. The van der Waals surface area contributed by atoms with Gasteiger partial charge in [-0.3, -0.25) is 0 Å². The van der Waals surface area contributed by atoms with E-state index in [1.165, 1.54) is 12.1 Å². The lowest BCUT2D eigenvalue weighted by atomic mass is 10.5. The molecule has 0 saturated carbocycles. The third-order valence-corrected chi connectivity index (χ3v) is 2.43. The van der Waals surface area contributed by atoms with Gasteiger partial charge in [-0.2, -0.15) is 9.66 Å². The zero-order valence-electron chi connectivity index (χ0n) is 6.36. The predicted molar refractivity (Wildman–Crippen MR) is 48.9 cm³/mol. The Bertz CT molecular complexity index is 209. The molecule has 0 N–H and O–H groups in total. The van der Waals surface area contributed by atoms with E-state index in [-0.39, 0.29) is 5.17 Å². The van der Waals surface area contributed by atoms with Gasteiger partial charge >= 0.3 is 0 Å². The van der Waals surface area contributed by atoms with Gasteiger partial charge in [-0.15, -0.1) is 0 Å². The largest absolute Gasteiger partial charge is 0.379 e. The molecule has 0 aromatic heterocycles. The molecule has 6 heteroatoms. The van der Waals surface area contributed by atoms with Crippen molar-refractivity contribution in [2.24, 2.45) is 4.40 Å². The molecule has 1 rings (SSSR count). The number of nitrogens with zero attached hydrogens (tertiary/aromatic N) is 3. The first-order chi connectivity index (χ1) is 5.83. The molecule has 12 heavy (non-hydrogen) atoms. The minimum absolute atomic E-state index is 0.0218. The average molecular weight is 206 g/mol. The van der Waals surface area contributed by atoms with Crippen molar-refractivity contribution < 1.29 is 4.74 Å². The van der Waals surface area contributed by atoms with E-state index < -0.39 is 0 Å². The summed E-state index contributed by atoms with van der Waals surface area (Å²) in [5.41, 5.74) is 0. The Morgan fingerprint density at radius 1 is 1.58 bits per heavy atom. The SMILES string of the molecule is N#CC(Cl)=NSN1CCOCC1. The Morgan fingerprint density at radius 3 is 2.83 bits per heavy atom. The highest BCUT2D eigenvalue weighted by atomic mass is 35.5. The summed E-state index contributed by atoms with van der Waals surface area (Å²) in [7, 11) is 0.